The van der Waals surface area contributed by atoms with Gasteiger partial charge in [-0.15, -0.1) is 0 Å². The molecule has 0 saturated carbocycles. The summed E-state index contributed by atoms with van der Waals surface area (Å²) in [7, 11) is 0. The van der Waals surface area contributed by atoms with Crippen molar-refractivity contribution in [1.82, 2.24) is 5.32 Å². The van der Waals surface area contributed by atoms with Crippen molar-refractivity contribution in [1.29, 1.82) is 0 Å². The fourth-order valence-corrected chi connectivity index (χ4v) is 1.78. The molecule has 0 radical (unpaired) electrons. The van der Waals surface area contributed by atoms with Gasteiger partial charge in [-0.05, 0) is 43.3 Å². The van der Waals surface area contributed by atoms with E-state index in [0.717, 1.165) is 12.1 Å². The van der Waals surface area contributed by atoms with Gasteiger partial charge >= 0.3 is 6.18 Å². The lowest BCUT2D eigenvalue weighted by molar-refractivity contribution is -0.137. The van der Waals surface area contributed by atoms with Gasteiger partial charge in [-0.2, -0.15) is 13.2 Å². The van der Waals surface area contributed by atoms with Crippen LogP contribution in [0.5, 0.6) is 5.75 Å². The summed E-state index contributed by atoms with van der Waals surface area (Å²) < 4.78 is 47.5. The van der Waals surface area contributed by atoms with E-state index in [-0.39, 0.29) is 18.4 Å². The van der Waals surface area contributed by atoms with Crippen LogP contribution in [0.2, 0.25) is 0 Å². The Balaban J connectivity index is 1.83. The van der Waals surface area contributed by atoms with E-state index in [9.17, 15) is 18.0 Å². The number of nitrogens with one attached hydrogen (secondary N) is 1. The molecule has 1 atom stereocenters. The molecule has 2 rings (SSSR count). The smallest absolute Gasteiger partial charge is 0.416 e. The molecule has 0 aliphatic carbocycles. The average Bonchev–Trinajstić information content (AvgIpc) is 2.99. The number of furan rings is 1. The van der Waals surface area contributed by atoms with Crippen LogP contribution in [-0.2, 0) is 11.0 Å². The van der Waals surface area contributed by atoms with Gasteiger partial charge < -0.3 is 14.5 Å². The van der Waals surface area contributed by atoms with Gasteiger partial charge in [0, 0.05) is 0 Å². The summed E-state index contributed by atoms with van der Waals surface area (Å²) in [6.45, 7) is 1.45. The van der Waals surface area contributed by atoms with E-state index in [1.54, 1.807) is 19.1 Å². The summed E-state index contributed by atoms with van der Waals surface area (Å²) in [5.74, 6) is 0.389. The number of alkyl halides is 3. The number of hydrogen-bond acceptors (Lipinski definition) is 3. The maximum absolute atomic E-state index is 12.4. The molecule has 0 aliphatic heterocycles. The van der Waals surface area contributed by atoms with Crippen LogP contribution in [0.1, 0.15) is 24.3 Å². The van der Waals surface area contributed by atoms with Gasteiger partial charge in [0.1, 0.15) is 11.5 Å². The molecule has 118 valence electrons. The van der Waals surface area contributed by atoms with E-state index in [0.29, 0.717) is 5.76 Å². The summed E-state index contributed by atoms with van der Waals surface area (Å²) in [4.78, 5) is 11.7. The van der Waals surface area contributed by atoms with Crippen molar-refractivity contribution in [3.8, 4) is 5.75 Å². The highest BCUT2D eigenvalue weighted by atomic mass is 19.4. The molecule has 1 aromatic carbocycles. The Morgan fingerprint density at radius 1 is 1.27 bits per heavy atom. The number of amides is 1. The Hall–Kier alpha value is -2.44. The monoisotopic (exact) mass is 313 g/mol. The Morgan fingerprint density at radius 2 is 1.95 bits per heavy atom. The zero-order valence-corrected chi connectivity index (χ0v) is 11.7. The van der Waals surface area contributed by atoms with Gasteiger partial charge in [0.15, 0.2) is 6.61 Å². The molecule has 0 bridgehead atoms. The lowest BCUT2D eigenvalue weighted by Gasteiger charge is -2.12. The lowest BCUT2D eigenvalue weighted by Crippen LogP contribution is -2.31. The molecule has 1 N–H and O–H groups in total. The quantitative estimate of drug-likeness (QED) is 0.918. The Bertz CT molecular complexity index is 606. The summed E-state index contributed by atoms with van der Waals surface area (Å²) in [5.41, 5.74) is -0.768. The van der Waals surface area contributed by atoms with Crippen molar-refractivity contribution in [2.75, 3.05) is 6.61 Å². The van der Waals surface area contributed by atoms with Crippen LogP contribution in [0, 0.1) is 0 Å². The second-order valence-electron chi connectivity index (χ2n) is 4.62. The Labute approximate surface area is 124 Å². The molecule has 0 saturated heterocycles. The number of rotatable bonds is 5. The number of carbonyl (C=O) groups is 1. The predicted molar refractivity (Wildman–Crippen MR) is 72.2 cm³/mol. The van der Waals surface area contributed by atoms with Crippen LogP contribution in [0.25, 0.3) is 0 Å². The molecule has 0 spiro atoms. The third-order valence-corrected chi connectivity index (χ3v) is 2.90. The van der Waals surface area contributed by atoms with Gasteiger partial charge in [-0.3, -0.25) is 4.79 Å². The molecule has 4 nitrogen and oxygen atoms in total. The second-order valence-corrected chi connectivity index (χ2v) is 4.62. The van der Waals surface area contributed by atoms with Crippen LogP contribution < -0.4 is 10.1 Å². The van der Waals surface area contributed by atoms with Crippen molar-refractivity contribution in [2.45, 2.75) is 19.1 Å². The molecule has 1 amide bonds. The van der Waals surface area contributed by atoms with Gasteiger partial charge in [0.2, 0.25) is 0 Å². The van der Waals surface area contributed by atoms with E-state index in [1.807, 2.05) is 0 Å². The van der Waals surface area contributed by atoms with Gasteiger partial charge in [0.05, 0.1) is 17.9 Å². The van der Waals surface area contributed by atoms with Crippen LogP contribution in [0.15, 0.2) is 47.1 Å². The lowest BCUT2D eigenvalue weighted by atomic mass is 10.2. The zero-order chi connectivity index (χ0) is 16.2. The maximum Gasteiger partial charge on any atom is 0.416 e. The van der Waals surface area contributed by atoms with Crippen molar-refractivity contribution >= 4 is 5.91 Å². The van der Waals surface area contributed by atoms with Crippen LogP contribution in [0.3, 0.4) is 0 Å². The number of hydrogen-bond donors (Lipinski definition) is 1. The highest BCUT2D eigenvalue weighted by molar-refractivity contribution is 5.77. The predicted octanol–water partition coefficient (Wildman–Crippen LogP) is 3.55. The van der Waals surface area contributed by atoms with E-state index in [2.05, 4.69) is 5.32 Å². The summed E-state index contributed by atoms with van der Waals surface area (Å²) in [6, 6.07) is 7.26. The molecule has 0 unspecified atom stereocenters. The molecule has 22 heavy (non-hydrogen) atoms. The van der Waals surface area contributed by atoms with Crippen LogP contribution in [-0.4, -0.2) is 12.5 Å². The maximum atomic E-state index is 12.4. The highest BCUT2D eigenvalue weighted by Crippen LogP contribution is 2.30. The molecular formula is C15H14F3NO3. The van der Waals surface area contributed by atoms with E-state index < -0.39 is 17.6 Å². The molecule has 0 aliphatic rings. The Morgan fingerprint density at radius 3 is 2.50 bits per heavy atom. The molecule has 1 heterocycles. The summed E-state index contributed by atoms with van der Waals surface area (Å²) in [6.07, 6.45) is -2.90. The van der Waals surface area contributed by atoms with Crippen molar-refractivity contribution in [3.05, 3.63) is 54.0 Å². The minimum Gasteiger partial charge on any atom is -0.484 e. The topological polar surface area (TPSA) is 51.5 Å². The largest absolute Gasteiger partial charge is 0.484 e. The Kier molecular flexibility index (Phi) is 4.75. The minimum atomic E-state index is -4.39. The molecule has 0 fully saturated rings. The molecule has 2 aromatic rings. The number of halogens is 3. The molecule has 7 heteroatoms. The first-order chi connectivity index (χ1) is 10.4. The number of carbonyl (C=O) groups excluding carboxylic acids is 1. The summed E-state index contributed by atoms with van der Waals surface area (Å²) >= 11 is 0. The van der Waals surface area contributed by atoms with Crippen molar-refractivity contribution in [2.24, 2.45) is 0 Å². The zero-order valence-electron chi connectivity index (χ0n) is 11.7. The average molecular weight is 313 g/mol. The highest BCUT2D eigenvalue weighted by Gasteiger charge is 2.30. The van der Waals surface area contributed by atoms with E-state index >= 15 is 0 Å². The standard InChI is InChI=1S/C15H14F3NO3/c1-10(13-3-2-8-21-13)19-14(20)9-22-12-6-4-11(5-7-12)15(16,17)18/h2-8,10H,9H2,1H3,(H,19,20)/t10-/m0/s1. The first-order valence-corrected chi connectivity index (χ1v) is 6.49. The van der Waals surface area contributed by atoms with Gasteiger partial charge in [0.25, 0.3) is 5.91 Å². The third-order valence-electron chi connectivity index (χ3n) is 2.90. The van der Waals surface area contributed by atoms with Gasteiger partial charge in [-0.25, -0.2) is 0 Å². The van der Waals surface area contributed by atoms with Crippen LogP contribution in [0.4, 0.5) is 13.2 Å². The fraction of sp³-hybridized carbons (Fsp3) is 0.267. The SMILES string of the molecule is C[C@H](NC(=O)COc1ccc(C(F)(F)F)cc1)c1ccco1. The first-order valence-electron chi connectivity index (χ1n) is 6.49. The van der Waals surface area contributed by atoms with Crippen LogP contribution >= 0.6 is 0 Å². The fourth-order valence-electron chi connectivity index (χ4n) is 1.78. The minimum absolute atomic E-state index is 0.189. The van der Waals surface area contributed by atoms with Crippen molar-refractivity contribution in [3.63, 3.8) is 0 Å². The summed E-state index contributed by atoms with van der Waals surface area (Å²) in [5, 5.41) is 2.65. The normalized spacial score (nSPS) is 12.7. The van der Waals surface area contributed by atoms with Crippen molar-refractivity contribution < 1.29 is 27.1 Å². The third kappa shape index (κ3) is 4.28. The number of benzene rings is 1. The first kappa shape index (κ1) is 15.9. The van der Waals surface area contributed by atoms with E-state index in [4.69, 9.17) is 9.15 Å². The number of ether oxygens (including phenoxy) is 1. The molecule has 1 aromatic heterocycles. The molecular weight excluding hydrogens is 299 g/mol. The van der Waals surface area contributed by atoms with Gasteiger partial charge in [-0.1, -0.05) is 0 Å². The van der Waals surface area contributed by atoms with E-state index in [1.165, 1.54) is 18.4 Å². The second kappa shape index (κ2) is 6.55.